The lowest BCUT2D eigenvalue weighted by Crippen LogP contribution is -2.18. The Morgan fingerprint density at radius 3 is 2.67 bits per heavy atom. The molecule has 2 aromatic rings. The third-order valence-corrected chi connectivity index (χ3v) is 3.81. The summed E-state index contributed by atoms with van der Waals surface area (Å²) in [5, 5.41) is 7.43. The molecule has 18 heavy (non-hydrogen) atoms. The van der Waals surface area contributed by atoms with E-state index in [0.29, 0.717) is 0 Å². The van der Waals surface area contributed by atoms with Crippen molar-refractivity contribution in [1.82, 2.24) is 15.1 Å². The first-order valence-electron chi connectivity index (χ1n) is 5.73. The fourth-order valence-electron chi connectivity index (χ4n) is 1.68. The van der Waals surface area contributed by atoms with E-state index in [2.05, 4.69) is 10.4 Å². The molecule has 1 heterocycles. The predicted octanol–water partition coefficient (Wildman–Crippen LogP) is 2.61. The van der Waals surface area contributed by atoms with Crippen molar-refractivity contribution in [2.45, 2.75) is 10.9 Å². The monoisotopic (exact) mass is 265 g/mol. The number of hydrogen-bond donors (Lipinski definition) is 1. The van der Waals surface area contributed by atoms with Crippen molar-refractivity contribution in [3.8, 4) is 0 Å². The summed E-state index contributed by atoms with van der Waals surface area (Å²) in [5.41, 5.74) is 1.16. The van der Waals surface area contributed by atoms with Gasteiger partial charge in [0.25, 0.3) is 0 Å². The Balaban J connectivity index is 1.97. The Morgan fingerprint density at radius 1 is 1.39 bits per heavy atom. The number of nitrogens with one attached hydrogen (secondary N) is 1. The molecule has 1 atom stereocenters. The van der Waals surface area contributed by atoms with Crippen LogP contribution in [0.2, 0.25) is 0 Å². The summed E-state index contributed by atoms with van der Waals surface area (Å²) in [6.45, 7) is 0. The van der Waals surface area contributed by atoms with Crippen LogP contribution < -0.4 is 5.32 Å². The number of aryl methyl sites for hydroxylation is 1. The van der Waals surface area contributed by atoms with Gasteiger partial charge in [-0.3, -0.25) is 4.68 Å². The van der Waals surface area contributed by atoms with Crippen molar-refractivity contribution in [3.63, 3.8) is 0 Å². The number of thioether (sulfide) groups is 1. The van der Waals surface area contributed by atoms with Gasteiger partial charge in [0.2, 0.25) is 0 Å². The molecule has 1 aromatic carbocycles. The first kappa shape index (κ1) is 13.1. The summed E-state index contributed by atoms with van der Waals surface area (Å²) >= 11 is 1.70. The number of halogens is 1. The molecule has 0 saturated heterocycles. The lowest BCUT2D eigenvalue weighted by molar-refractivity contribution is 0.626. The van der Waals surface area contributed by atoms with Crippen molar-refractivity contribution in [1.29, 1.82) is 0 Å². The molecular formula is C13H16FN3S. The van der Waals surface area contributed by atoms with Crippen molar-refractivity contribution < 1.29 is 4.39 Å². The number of rotatable bonds is 5. The molecule has 0 spiro atoms. The molecule has 1 unspecified atom stereocenters. The average Bonchev–Trinajstić information content (AvgIpc) is 2.79. The fourth-order valence-corrected chi connectivity index (χ4v) is 2.72. The summed E-state index contributed by atoms with van der Waals surface area (Å²) in [6, 6.07) is 6.82. The van der Waals surface area contributed by atoms with E-state index in [9.17, 15) is 4.39 Å². The first-order valence-corrected chi connectivity index (χ1v) is 6.72. The lowest BCUT2D eigenvalue weighted by atomic mass is 10.2. The van der Waals surface area contributed by atoms with Gasteiger partial charge in [0.1, 0.15) is 5.82 Å². The Labute approximate surface area is 110 Å². The molecule has 0 bridgehead atoms. The molecule has 0 radical (unpaired) electrons. The maximum Gasteiger partial charge on any atom is 0.123 e. The van der Waals surface area contributed by atoms with E-state index in [4.69, 9.17) is 0 Å². The van der Waals surface area contributed by atoms with Gasteiger partial charge in [-0.25, -0.2) is 4.39 Å². The van der Waals surface area contributed by atoms with Gasteiger partial charge in [-0.2, -0.15) is 5.10 Å². The highest BCUT2D eigenvalue weighted by atomic mass is 32.2. The van der Waals surface area contributed by atoms with Gasteiger partial charge >= 0.3 is 0 Å². The third kappa shape index (κ3) is 3.34. The normalized spacial score (nSPS) is 12.6. The smallest absolute Gasteiger partial charge is 0.123 e. The summed E-state index contributed by atoms with van der Waals surface area (Å²) in [6.07, 6.45) is 3.87. The summed E-state index contributed by atoms with van der Waals surface area (Å²) in [7, 11) is 3.84. The second kappa shape index (κ2) is 6.02. The molecule has 3 nitrogen and oxygen atoms in total. The largest absolute Gasteiger partial charge is 0.312 e. The maximum atomic E-state index is 12.8. The van der Waals surface area contributed by atoms with Gasteiger partial charge in [0, 0.05) is 35.5 Å². The minimum atomic E-state index is -0.197. The number of benzene rings is 1. The van der Waals surface area contributed by atoms with Crippen LogP contribution in [-0.4, -0.2) is 22.6 Å². The quantitative estimate of drug-likeness (QED) is 0.843. The average molecular weight is 265 g/mol. The molecule has 5 heteroatoms. The lowest BCUT2D eigenvalue weighted by Gasteiger charge is -2.13. The Hall–Kier alpha value is -1.33. The zero-order chi connectivity index (χ0) is 13.0. The van der Waals surface area contributed by atoms with E-state index in [1.165, 1.54) is 12.1 Å². The van der Waals surface area contributed by atoms with E-state index in [1.807, 2.05) is 26.5 Å². The van der Waals surface area contributed by atoms with Crippen LogP contribution in [0.3, 0.4) is 0 Å². The van der Waals surface area contributed by atoms with E-state index >= 15 is 0 Å². The number of aromatic nitrogens is 2. The van der Waals surface area contributed by atoms with E-state index in [-0.39, 0.29) is 11.9 Å². The Kier molecular flexibility index (Phi) is 4.38. The zero-order valence-corrected chi connectivity index (χ0v) is 11.2. The van der Waals surface area contributed by atoms with Crippen LogP contribution >= 0.6 is 11.8 Å². The molecule has 1 N–H and O–H groups in total. The van der Waals surface area contributed by atoms with E-state index < -0.39 is 0 Å². The van der Waals surface area contributed by atoms with Gasteiger partial charge in [-0.15, -0.1) is 11.8 Å². The molecule has 96 valence electrons. The highest BCUT2D eigenvalue weighted by Crippen LogP contribution is 2.24. The first-order chi connectivity index (χ1) is 8.69. The number of hydrogen-bond acceptors (Lipinski definition) is 3. The van der Waals surface area contributed by atoms with Gasteiger partial charge < -0.3 is 5.32 Å². The van der Waals surface area contributed by atoms with Crippen molar-refractivity contribution in [3.05, 3.63) is 48.0 Å². The fraction of sp³-hybridized carbons (Fsp3) is 0.308. The summed E-state index contributed by atoms with van der Waals surface area (Å²) in [4.78, 5) is 1.07. The summed E-state index contributed by atoms with van der Waals surface area (Å²) < 4.78 is 14.6. The molecule has 0 saturated carbocycles. The van der Waals surface area contributed by atoms with Crippen LogP contribution in [0.5, 0.6) is 0 Å². The molecule has 2 rings (SSSR count). The minimum Gasteiger partial charge on any atom is -0.312 e. The van der Waals surface area contributed by atoms with E-state index in [1.54, 1.807) is 28.6 Å². The number of nitrogens with zero attached hydrogens (tertiary/aromatic N) is 2. The molecule has 0 amide bonds. The molecule has 0 fully saturated rings. The second-order valence-electron chi connectivity index (χ2n) is 4.05. The van der Waals surface area contributed by atoms with Crippen LogP contribution in [0.15, 0.2) is 41.6 Å². The zero-order valence-electron chi connectivity index (χ0n) is 10.4. The van der Waals surface area contributed by atoms with Gasteiger partial charge in [0.15, 0.2) is 0 Å². The molecular weight excluding hydrogens is 249 g/mol. The summed E-state index contributed by atoms with van der Waals surface area (Å²) in [5.74, 6) is 0.685. The maximum absolute atomic E-state index is 12.8. The van der Waals surface area contributed by atoms with Crippen molar-refractivity contribution in [2.75, 3.05) is 12.8 Å². The van der Waals surface area contributed by atoms with Crippen LogP contribution in [0.4, 0.5) is 4.39 Å². The van der Waals surface area contributed by atoms with Crippen LogP contribution in [0.1, 0.15) is 11.6 Å². The highest BCUT2D eigenvalue weighted by Gasteiger charge is 2.11. The molecule has 0 aliphatic carbocycles. The SMILES string of the molecule is CNC(CSc1ccc(F)cc1)c1cnn(C)c1. The van der Waals surface area contributed by atoms with Crippen molar-refractivity contribution >= 4 is 11.8 Å². The van der Waals surface area contributed by atoms with E-state index in [0.717, 1.165) is 16.2 Å². The van der Waals surface area contributed by atoms with Gasteiger partial charge in [-0.1, -0.05) is 0 Å². The van der Waals surface area contributed by atoms with Crippen LogP contribution in [-0.2, 0) is 7.05 Å². The van der Waals surface area contributed by atoms with Crippen molar-refractivity contribution in [2.24, 2.45) is 7.05 Å². The third-order valence-electron chi connectivity index (χ3n) is 2.71. The second-order valence-corrected chi connectivity index (χ2v) is 5.15. The Morgan fingerprint density at radius 2 is 2.11 bits per heavy atom. The highest BCUT2D eigenvalue weighted by molar-refractivity contribution is 7.99. The molecule has 0 aliphatic rings. The standard InChI is InChI=1S/C13H16FN3S/c1-15-13(10-7-16-17(2)8-10)9-18-12-5-3-11(14)4-6-12/h3-8,13,15H,9H2,1-2H3. The van der Waals surface area contributed by atoms with Crippen LogP contribution in [0.25, 0.3) is 0 Å². The topological polar surface area (TPSA) is 29.9 Å². The van der Waals surface area contributed by atoms with Crippen LogP contribution in [0, 0.1) is 5.82 Å². The Bertz CT molecular complexity index is 495. The predicted molar refractivity (Wildman–Crippen MR) is 72.1 cm³/mol. The van der Waals surface area contributed by atoms with Gasteiger partial charge in [0.05, 0.1) is 6.20 Å². The molecule has 1 aromatic heterocycles. The molecule has 0 aliphatic heterocycles. The van der Waals surface area contributed by atoms with Gasteiger partial charge in [-0.05, 0) is 31.3 Å². The minimum absolute atomic E-state index is 0.197.